The summed E-state index contributed by atoms with van der Waals surface area (Å²) < 4.78 is 54.4. The summed E-state index contributed by atoms with van der Waals surface area (Å²) in [4.78, 5) is 11.5. The first-order valence-corrected chi connectivity index (χ1v) is 14.8. The van der Waals surface area contributed by atoms with Crippen LogP contribution >= 0.6 is 0 Å². The van der Waals surface area contributed by atoms with Crippen molar-refractivity contribution in [2.24, 2.45) is 5.92 Å². The first-order valence-electron chi connectivity index (χ1n) is 14.8. The second-order valence-corrected chi connectivity index (χ2v) is 11.0. The fourth-order valence-corrected chi connectivity index (χ4v) is 5.64. The maximum atomic E-state index is 15.2. The second kappa shape index (κ2) is 15.1. The Kier molecular flexibility index (Phi) is 11.2. The van der Waals surface area contributed by atoms with Gasteiger partial charge in [0.05, 0.1) is 12.2 Å². The monoisotopic (exact) mass is 580 g/mol. The summed E-state index contributed by atoms with van der Waals surface area (Å²) in [6, 6.07) is 14.9. The van der Waals surface area contributed by atoms with Gasteiger partial charge in [0.25, 0.3) is 0 Å². The van der Waals surface area contributed by atoms with E-state index < -0.39 is 35.8 Å². The van der Waals surface area contributed by atoms with Crippen LogP contribution in [0.1, 0.15) is 69.8 Å². The molecule has 1 aliphatic rings. The molecule has 0 heterocycles. The molecule has 42 heavy (non-hydrogen) atoms. The number of unbranched alkanes of at least 4 members (excludes halogenated alkanes) is 2. The third-order valence-electron chi connectivity index (χ3n) is 8.10. The van der Waals surface area contributed by atoms with Gasteiger partial charge in [0.1, 0.15) is 19.0 Å². The maximum Gasteiger partial charge on any atom is 0.335 e. The average Bonchev–Trinajstić information content (AvgIpc) is 3.00. The molecule has 224 valence electrons. The zero-order valence-electron chi connectivity index (χ0n) is 24.1. The Morgan fingerprint density at radius 2 is 1.50 bits per heavy atom. The van der Waals surface area contributed by atoms with Crippen LogP contribution in [0, 0.1) is 23.4 Å². The van der Waals surface area contributed by atoms with Gasteiger partial charge in [0.2, 0.25) is 0 Å². The molecular formula is C35H39F3O4. The third kappa shape index (κ3) is 8.03. The molecule has 3 aromatic rings. The molecule has 7 heteroatoms. The summed E-state index contributed by atoms with van der Waals surface area (Å²) in [7, 11) is 0. The highest BCUT2D eigenvalue weighted by atomic mass is 19.1. The Hall–Kier alpha value is -3.58. The molecule has 0 bridgehead atoms. The molecule has 0 aliphatic heterocycles. The summed E-state index contributed by atoms with van der Waals surface area (Å²) in [5, 5.41) is 8.85. The van der Waals surface area contributed by atoms with Gasteiger partial charge >= 0.3 is 5.97 Å². The number of hydrogen-bond acceptors (Lipinski definition) is 4. The smallest absolute Gasteiger partial charge is 0.335 e. The van der Waals surface area contributed by atoms with E-state index in [9.17, 15) is 13.6 Å². The van der Waals surface area contributed by atoms with Crippen LogP contribution in [0.3, 0.4) is 0 Å². The fourth-order valence-electron chi connectivity index (χ4n) is 5.64. The lowest BCUT2D eigenvalue weighted by Crippen LogP contribution is -2.15. The normalized spacial score (nSPS) is 16.7. The molecule has 4 nitrogen and oxygen atoms in total. The van der Waals surface area contributed by atoms with E-state index in [0.717, 1.165) is 23.6 Å². The number of halogens is 3. The number of aliphatic hydroxyl groups excluding tert-OH is 1. The van der Waals surface area contributed by atoms with Crippen LogP contribution in [0.15, 0.2) is 66.7 Å². The summed E-state index contributed by atoms with van der Waals surface area (Å²) in [6.45, 7) is 4.39. The van der Waals surface area contributed by atoms with Crippen molar-refractivity contribution in [1.82, 2.24) is 0 Å². The molecule has 3 aromatic carbocycles. The summed E-state index contributed by atoms with van der Waals surface area (Å²) in [5.41, 5.74) is 2.83. The Morgan fingerprint density at radius 1 is 0.857 bits per heavy atom. The van der Waals surface area contributed by atoms with E-state index in [1.807, 2.05) is 12.1 Å². The zero-order valence-corrected chi connectivity index (χ0v) is 24.1. The molecule has 0 spiro atoms. The molecule has 1 saturated carbocycles. The third-order valence-corrected chi connectivity index (χ3v) is 8.10. The van der Waals surface area contributed by atoms with Crippen LogP contribution in [-0.2, 0) is 9.53 Å². The Labute approximate surface area is 246 Å². The standard InChI is InChI=1S/C35H39F3O4/c1-3-4-5-6-24-7-9-25(10-8-24)26-11-13-27(14-12-26)28-15-16-30(31(36)19-28)29-20-32(37)34(33(38)21-29)41-17-18-42-35(40)23(2)22-39/h11-16,19-21,24-25,39H,2-10,17-18,22H2,1H3. The van der Waals surface area contributed by atoms with Crippen molar-refractivity contribution in [2.45, 2.75) is 64.2 Å². The molecule has 0 amide bonds. The van der Waals surface area contributed by atoms with Gasteiger partial charge in [-0.25, -0.2) is 18.0 Å². The van der Waals surface area contributed by atoms with E-state index in [4.69, 9.17) is 14.6 Å². The summed E-state index contributed by atoms with van der Waals surface area (Å²) in [5.74, 6) is -2.68. The highest BCUT2D eigenvalue weighted by Crippen LogP contribution is 2.39. The topological polar surface area (TPSA) is 55.8 Å². The van der Waals surface area contributed by atoms with Gasteiger partial charge in [0.15, 0.2) is 17.4 Å². The van der Waals surface area contributed by atoms with Crippen LogP contribution in [-0.4, -0.2) is 30.9 Å². The number of benzene rings is 3. The molecule has 0 aromatic heterocycles. The lowest BCUT2D eigenvalue weighted by molar-refractivity contribution is -0.140. The lowest BCUT2D eigenvalue weighted by Gasteiger charge is -2.29. The van der Waals surface area contributed by atoms with Gasteiger partial charge < -0.3 is 14.6 Å². The van der Waals surface area contributed by atoms with Crippen molar-refractivity contribution in [3.63, 3.8) is 0 Å². The molecule has 0 radical (unpaired) electrons. The van der Waals surface area contributed by atoms with E-state index in [1.165, 1.54) is 69.1 Å². The van der Waals surface area contributed by atoms with E-state index in [0.29, 0.717) is 11.5 Å². The fraction of sp³-hybridized carbons (Fsp3) is 0.400. The van der Waals surface area contributed by atoms with Gasteiger partial charge in [-0.3, -0.25) is 0 Å². The number of esters is 1. The van der Waals surface area contributed by atoms with E-state index in [2.05, 4.69) is 25.6 Å². The van der Waals surface area contributed by atoms with Crippen molar-refractivity contribution in [2.75, 3.05) is 19.8 Å². The first kappa shape index (κ1) is 31.4. The van der Waals surface area contributed by atoms with Crippen molar-refractivity contribution in [3.8, 4) is 28.0 Å². The lowest BCUT2D eigenvalue weighted by atomic mass is 9.77. The number of aliphatic hydroxyl groups is 1. The van der Waals surface area contributed by atoms with Gasteiger partial charge in [-0.1, -0.05) is 75.6 Å². The van der Waals surface area contributed by atoms with Crippen LogP contribution in [0.25, 0.3) is 22.3 Å². The number of hydrogen-bond donors (Lipinski definition) is 1. The zero-order chi connectivity index (χ0) is 30.1. The van der Waals surface area contributed by atoms with Gasteiger partial charge in [-0.2, -0.15) is 0 Å². The molecular weight excluding hydrogens is 541 g/mol. The molecule has 0 saturated heterocycles. The first-order chi connectivity index (χ1) is 20.3. The van der Waals surface area contributed by atoms with Crippen LogP contribution in [0.4, 0.5) is 13.2 Å². The van der Waals surface area contributed by atoms with E-state index in [1.54, 1.807) is 6.07 Å². The van der Waals surface area contributed by atoms with Gasteiger partial charge in [-0.05, 0) is 78.0 Å². The summed E-state index contributed by atoms with van der Waals surface area (Å²) >= 11 is 0. The minimum atomic E-state index is -1.01. The number of carbonyl (C=O) groups excluding carboxylic acids is 1. The molecule has 1 N–H and O–H groups in total. The van der Waals surface area contributed by atoms with Crippen LogP contribution < -0.4 is 4.74 Å². The minimum Gasteiger partial charge on any atom is -0.484 e. The number of ether oxygens (including phenoxy) is 2. The average molecular weight is 581 g/mol. The quantitative estimate of drug-likeness (QED) is 0.125. The molecule has 1 aliphatic carbocycles. The molecule has 0 atom stereocenters. The Bertz CT molecular complexity index is 1340. The summed E-state index contributed by atoms with van der Waals surface area (Å²) in [6.07, 6.45) is 10.3. The van der Waals surface area contributed by atoms with Gasteiger partial charge in [0, 0.05) is 5.56 Å². The van der Waals surface area contributed by atoms with Crippen molar-refractivity contribution in [3.05, 3.63) is 89.8 Å². The van der Waals surface area contributed by atoms with Crippen LogP contribution in [0.5, 0.6) is 5.75 Å². The largest absolute Gasteiger partial charge is 0.484 e. The van der Waals surface area contributed by atoms with Crippen molar-refractivity contribution < 1.29 is 32.5 Å². The minimum absolute atomic E-state index is 0.0349. The predicted octanol–water partition coefficient (Wildman–Crippen LogP) is 8.76. The predicted molar refractivity (Wildman–Crippen MR) is 159 cm³/mol. The molecule has 4 rings (SSSR count). The van der Waals surface area contributed by atoms with Crippen molar-refractivity contribution >= 4 is 5.97 Å². The number of carbonyl (C=O) groups is 1. The van der Waals surface area contributed by atoms with Crippen LogP contribution in [0.2, 0.25) is 0 Å². The Balaban J connectivity index is 1.37. The maximum absolute atomic E-state index is 15.2. The highest BCUT2D eigenvalue weighted by molar-refractivity contribution is 5.87. The van der Waals surface area contributed by atoms with Gasteiger partial charge in [-0.15, -0.1) is 0 Å². The molecule has 1 fully saturated rings. The number of rotatable bonds is 13. The van der Waals surface area contributed by atoms with E-state index >= 15 is 4.39 Å². The second-order valence-electron chi connectivity index (χ2n) is 11.0. The highest BCUT2D eigenvalue weighted by Gasteiger charge is 2.22. The SMILES string of the molecule is C=C(CO)C(=O)OCCOc1c(F)cc(-c2ccc(-c3ccc(C4CCC(CCCCC)CC4)cc3)cc2F)cc1F. The Morgan fingerprint density at radius 3 is 2.12 bits per heavy atom. The molecule has 0 unspecified atom stereocenters. The van der Waals surface area contributed by atoms with Crippen molar-refractivity contribution in [1.29, 1.82) is 0 Å². The van der Waals surface area contributed by atoms with E-state index in [-0.39, 0.29) is 29.9 Å².